The van der Waals surface area contributed by atoms with Gasteiger partial charge < -0.3 is 10.2 Å². The molecule has 0 aromatic carbocycles. The van der Waals surface area contributed by atoms with Gasteiger partial charge >= 0.3 is 0 Å². The van der Waals surface area contributed by atoms with E-state index in [1.165, 1.54) is 31.2 Å². The van der Waals surface area contributed by atoms with Crippen molar-refractivity contribution < 1.29 is 4.79 Å². The fourth-order valence-electron chi connectivity index (χ4n) is 3.09. The van der Waals surface area contributed by atoms with Crippen molar-refractivity contribution in [2.75, 3.05) is 18.9 Å². The molecule has 1 saturated carbocycles. The van der Waals surface area contributed by atoms with Gasteiger partial charge in [0, 0.05) is 43.9 Å². The van der Waals surface area contributed by atoms with Crippen molar-refractivity contribution in [1.29, 1.82) is 0 Å². The number of rotatable bonds is 6. The Labute approximate surface area is 143 Å². The van der Waals surface area contributed by atoms with E-state index >= 15 is 0 Å². The molecule has 3 rings (SSSR count). The van der Waals surface area contributed by atoms with Gasteiger partial charge in [0.15, 0.2) is 0 Å². The number of nitrogens with zero attached hydrogens (tertiary/aromatic N) is 3. The number of likely N-dealkylation sites (N-methyl/N-ethyl adjacent to an activating group) is 1. The first-order chi connectivity index (χ1) is 11.7. The molecule has 0 radical (unpaired) electrons. The van der Waals surface area contributed by atoms with Gasteiger partial charge in [-0.3, -0.25) is 14.8 Å². The number of hydrogen-bond acceptors (Lipinski definition) is 4. The molecule has 0 bridgehead atoms. The number of nitrogens with one attached hydrogen (secondary N) is 1. The highest BCUT2D eigenvalue weighted by Crippen LogP contribution is 2.22. The predicted octanol–water partition coefficient (Wildman–Crippen LogP) is 3.15. The summed E-state index contributed by atoms with van der Waals surface area (Å²) in [5.41, 5.74) is 2.66. The largest absolute Gasteiger partial charge is 0.382 e. The van der Waals surface area contributed by atoms with E-state index in [1.807, 2.05) is 31.3 Å². The lowest BCUT2D eigenvalue weighted by Crippen LogP contribution is -2.29. The zero-order chi connectivity index (χ0) is 16.8. The lowest BCUT2D eigenvalue weighted by molar-refractivity contribution is 0.0791. The average Bonchev–Trinajstić information content (AvgIpc) is 3.13. The second-order valence-corrected chi connectivity index (χ2v) is 6.39. The zero-order valence-electron chi connectivity index (χ0n) is 14.1. The van der Waals surface area contributed by atoms with E-state index in [-0.39, 0.29) is 5.91 Å². The molecule has 0 atom stereocenters. The Kier molecular flexibility index (Phi) is 5.41. The van der Waals surface area contributed by atoms with E-state index in [0.717, 1.165) is 12.1 Å². The molecule has 24 heavy (non-hydrogen) atoms. The molecular weight excluding hydrogens is 300 g/mol. The molecule has 0 unspecified atom stereocenters. The molecule has 2 aromatic rings. The predicted molar refractivity (Wildman–Crippen MR) is 95.0 cm³/mol. The number of carbonyl (C=O) groups excluding carboxylic acids is 1. The molecule has 126 valence electrons. The van der Waals surface area contributed by atoms with E-state index in [1.54, 1.807) is 23.5 Å². The second-order valence-electron chi connectivity index (χ2n) is 6.39. The normalized spacial score (nSPS) is 14.5. The number of carbonyl (C=O) groups is 1. The lowest BCUT2D eigenvalue weighted by Gasteiger charge is -2.18. The summed E-state index contributed by atoms with van der Waals surface area (Å²) in [7, 11) is 1.82. The minimum absolute atomic E-state index is 0.0425. The first-order valence-electron chi connectivity index (χ1n) is 8.59. The van der Waals surface area contributed by atoms with Crippen LogP contribution in [0.3, 0.4) is 0 Å². The van der Waals surface area contributed by atoms with E-state index in [2.05, 4.69) is 15.3 Å². The van der Waals surface area contributed by atoms with Gasteiger partial charge in [-0.15, -0.1) is 0 Å². The Morgan fingerprint density at radius 3 is 2.71 bits per heavy atom. The van der Waals surface area contributed by atoms with Crippen LogP contribution in [0.5, 0.6) is 0 Å². The number of pyridine rings is 2. The van der Waals surface area contributed by atoms with Crippen LogP contribution in [0.2, 0.25) is 0 Å². The van der Waals surface area contributed by atoms with Crippen LogP contribution < -0.4 is 5.32 Å². The second kappa shape index (κ2) is 7.90. The smallest absolute Gasteiger partial charge is 0.272 e. The summed E-state index contributed by atoms with van der Waals surface area (Å²) in [5, 5.41) is 3.52. The Morgan fingerprint density at radius 1 is 1.21 bits per heavy atom. The van der Waals surface area contributed by atoms with Crippen molar-refractivity contribution in [1.82, 2.24) is 14.9 Å². The summed E-state index contributed by atoms with van der Waals surface area (Å²) in [6, 6.07) is 8.28. The molecule has 5 heteroatoms. The zero-order valence-corrected chi connectivity index (χ0v) is 14.1. The first kappa shape index (κ1) is 16.4. The standard InChI is InChI=1S/C19H24N4O/c1-23(13-9-15-6-10-20-11-7-15)19(24)18-14-17(8-12-21-18)22-16-4-2-3-5-16/h6-8,10-12,14,16H,2-5,9,13H2,1H3,(H,21,22). The first-order valence-corrected chi connectivity index (χ1v) is 8.59. The maximum Gasteiger partial charge on any atom is 0.272 e. The SMILES string of the molecule is CN(CCc1ccncc1)C(=O)c1cc(NC2CCCC2)ccn1. The topological polar surface area (TPSA) is 58.1 Å². The summed E-state index contributed by atoms with van der Waals surface area (Å²) in [6.45, 7) is 0.658. The fraction of sp³-hybridized carbons (Fsp3) is 0.421. The Hall–Kier alpha value is -2.43. The van der Waals surface area contributed by atoms with Crippen LogP contribution >= 0.6 is 0 Å². The van der Waals surface area contributed by atoms with Crippen LogP contribution in [0.25, 0.3) is 0 Å². The molecule has 0 saturated heterocycles. The highest BCUT2D eigenvalue weighted by molar-refractivity contribution is 5.93. The molecule has 0 aliphatic heterocycles. The minimum atomic E-state index is -0.0425. The van der Waals surface area contributed by atoms with Crippen LogP contribution in [0.4, 0.5) is 5.69 Å². The van der Waals surface area contributed by atoms with Crippen LogP contribution in [0.1, 0.15) is 41.7 Å². The van der Waals surface area contributed by atoms with E-state index < -0.39 is 0 Å². The highest BCUT2D eigenvalue weighted by atomic mass is 16.2. The third-order valence-electron chi connectivity index (χ3n) is 4.54. The fourth-order valence-corrected chi connectivity index (χ4v) is 3.09. The van der Waals surface area contributed by atoms with Crippen molar-refractivity contribution in [3.8, 4) is 0 Å². The van der Waals surface area contributed by atoms with Crippen LogP contribution in [0, 0.1) is 0 Å². The van der Waals surface area contributed by atoms with Gasteiger partial charge in [-0.1, -0.05) is 12.8 Å². The number of amides is 1. The van der Waals surface area contributed by atoms with Gasteiger partial charge in [0.1, 0.15) is 5.69 Å². The summed E-state index contributed by atoms with van der Waals surface area (Å²) in [5.74, 6) is -0.0425. The number of anilines is 1. The summed E-state index contributed by atoms with van der Waals surface area (Å²) in [6.07, 6.45) is 11.0. The molecule has 1 N–H and O–H groups in total. The highest BCUT2D eigenvalue weighted by Gasteiger charge is 2.17. The maximum atomic E-state index is 12.6. The molecule has 1 aliphatic rings. The molecule has 1 aliphatic carbocycles. The Balaban J connectivity index is 1.59. The van der Waals surface area contributed by atoms with Crippen molar-refractivity contribution >= 4 is 11.6 Å². The third-order valence-corrected chi connectivity index (χ3v) is 4.54. The van der Waals surface area contributed by atoms with Gasteiger partial charge in [-0.2, -0.15) is 0 Å². The van der Waals surface area contributed by atoms with Crippen LogP contribution in [-0.2, 0) is 6.42 Å². The van der Waals surface area contributed by atoms with Gasteiger partial charge in [-0.05, 0) is 49.1 Å². The summed E-state index contributed by atoms with van der Waals surface area (Å²) >= 11 is 0. The van der Waals surface area contributed by atoms with Crippen molar-refractivity contribution in [2.45, 2.75) is 38.1 Å². The van der Waals surface area contributed by atoms with Crippen molar-refractivity contribution in [3.63, 3.8) is 0 Å². The molecule has 1 fully saturated rings. The van der Waals surface area contributed by atoms with Gasteiger partial charge in [0.05, 0.1) is 0 Å². The van der Waals surface area contributed by atoms with E-state index in [0.29, 0.717) is 18.3 Å². The average molecular weight is 324 g/mol. The maximum absolute atomic E-state index is 12.6. The molecule has 2 aromatic heterocycles. The third kappa shape index (κ3) is 4.31. The molecule has 2 heterocycles. The molecule has 0 spiro atoms. The van der Waals surface area contributed by atoms with Gasteiger partial charge in [0.25, 0.3) is 5.91 Å². The molecule has 1 amide bonds. The van der Waals surface area contributed by atoms with Crippen LogP contribution in [0.15, 0.2) is 42.9 Å². The van der Waals surface area contributed by atoms with Crippen molar-refractivity contribution in [3.05, 3.63) is 54.1 Å². The summed E-state index contributed by atoms with van der Waals surface area (Å²) < 4.78 is 0. The quantitative estimate of drug-likeness (QED) is 0.887. The van der Waals surface area contributed by atoms with Gasteiger partial charge in [0.2, 0.25) is 0 Å². The number of hydrogen-bond donors (Lipinski definition) is 1. The molecule has 5 nitrogen and oxygen atoms in total. The summed E-state index contributed by atoms with van der Waals surface area (Å²) in [4.78, 5) is 22.6. The van der Waals surface area contributed by atoms with E-state index in [4.69, 9.17) is 0 Å². The monoisotopic (exact) mass is 324 g/mol. The van der Waals surface area contributed by atoms with Crippen LogP contribution in [-0.4, -0.2) is 40.4 Å². The number of aromatic nitrogens is 2. The van der Waals surface area contributed by atoms with E-state index in [9.17, 15) is 4.79 Å². The minimum Gasteiger partial charge on any atom is -0.382 e. The molecular formula is C19H24N4O. The lowest BCUT2D eigenvalue weighted by atomic mass is 10.2. The van der Waals surface area contributed by atoms with Gasteiger partial charge in [-0.25, -0.2) is 0 Å². The Bertz CT molecular complexity index is 668. The Morgan fingerprint density at radius 2 is 1.96 bits per heavy atom. The van der Waals surface area contributed by atoms with Crippen molar-refractivity contribution in [2.24, 2.45) is 0 Å².